The van der Waals surface area contributed by atoms with Gasteiger partial charge in [-0.15, -0.1) is 0 Å². The van der Waals surface area contributed by atoms with E-state index in [4.69, 9.17) is 5.14 Å². The Morgan fingerprint density at radius 2 is 2.20 bits per heavy atom. The van der Waals surface area contributed by atoms with Gasteiger partial charge in [0, 0.05) is 19.2 Å². The normalized spacial score (nSPS) is 11.8. The molecule has 25 heavy (non-hydrogen) atoms. The summed E-state index contributed by atoms with van der Waals surface area (Å²) in [6.07, 6.45) is 3.54. The summed E-state index contributed by atoms with van der Waals surface area (Å²) in [5.74, 6) is -0.220. The number of hydrogen-bond acceptors (Lipinski definition) is 6. The number of hydrogen-bond donors (Lipinski definition) is 2. The Bertz CT molecular complexity index is 1020. The number of primary sulfonamides is 1. The number of fused-ring (bicyclic) bond motifs is 1. The maximum atomic E-state index is 12.1. The highest BCUT2D eigenvalue weighted by molar-refractivity contribution is 7.89. The van der Waals surface area contributed by atoms with Gasteiger partial charge in [0.2, 0.25) is 15.9 Å². The van der Waals surface area contributed by atoms with Gasteiger partial charge in [-0.2, -0.15) is 5.10 Å². The molecule has 0 unspecified atom stereocenters. The fourth-order valence-electron chi connectivity index (χ4n) is 2.25. The fourth-order valence-corrected chi connectivity index (χ4v) is 3.66. The molecule has 132 valence electrons. The maximum Gasteiger partial charge on any atom is 0.241 e. The molecule has 3 rings (SSSR count). The molecule has 1 aromatic carbocycles. The summed E-state index contributed by atoms with van der Waals surface area (Å²) in [4.78, 5) is 16.4. The number of aryl methyl sites for hydroxylation is 2. The standard InChI is InChI=1S/C15H17N5O3S2/c1-2-10-3-4-12-13(7-10)24-15(18-12)19-14(21)5-6-20-9-11(8-17-20)25(16,22)23/h3-4,7-9H,2,5-6H2,1H3,(H2,16,22,23)(H,18,19,21). The summed E-state index contributed by atoms with van der Waals surface area (Å²) in [7, 11) is -3.78. The molecule has 0 saturated heterocycles. The second kappa shape index (κ2) is 6.90. The summed E-state index contributed by atoms with van der Waals surface area (Å²) in [6, 6.07) is 6.04. The number of rotatable bonds is 6. The average molecular weight is 379 g/mol. The van der Waals surface area contributed by atoms with Crippen LogP contribution in [0.4, 0.5) is 5.13 Å². The Kier molecular flexibility index (Phi) is 4.84. The molecule has 3 aromatic rings. The molecule has 1 amide bonds. The van der Waals surface area contributed by atoms with Crippen LogP contribution in [0.2, 0.25) is 0 Å². The average Bonchev–Trinajstić information content (AvgIpc) is 3.18. The molecule has 8 nitrogen and oxygen atoms in total. The first-order valence-corrected chi connectivity index (χ1v) is 9.96. The van der Waals surface area contributed by atoms with Gasteiger partial charge in [0.25, 0.3) is 0 Å². The summed E-state index contributed by atoms with van der Waals surface area (Å²) >= 11 is 1.42. The number of nitrogens with two attached hydrogens (primary N) is 1. The number of anilines is 1. The van der Waals surface area contributed by atoms with Crippen molar-refractivity contribution in [3.05, 3.63) is 36.2 Å². The van der Waals surface area contributed by atoms with Crippen LogP contribution in [0.3, 0.4) is 0 Å². The van der Waals surface area contributed by atoms with Crippen molar-refractivity contribution in [3.63, 3.8) is 0 Å². The Morgan fingerprint density at radius 3 is 2.88 bits per heavy atom. The Labute approximate surface area is 148 Å². The first kappa shape index (κ1) is 17.5. The fraction of sp³-hybridized carbons (Fsp3) is 0.267. The Balaban J connectivity index is 1.62. The van der Waals surface area contributed by atoms with Crippen molar-refractivity contribution in [2.45, 2.75) is 31.2 Å². The lowest BCUT2D eigenvalue weighted by atomic mass is 10.2. The summed E-state index contributed by atoms with van der Waals surface area (Å²) in [5.41, 5.74) is 2.07. The van der Waals surface area contributed by atoms with Gasteiger partial charge >= 0.3 is 0 Å². The minimum absolute atomic E-state index is 0.0780. The zero-order valence-electron chi connectivity index (χ0n) is 13.5. The highest BCUT2D eigenvalue weighted by Gasteiger charge is 2.12. The predicted molar refractivity (Wildman–Crippen MR) is 95.8 cm³/mol. The van der Waals surface area contributed by atoms with Gasteiger partial charge in [-0.3, -0.25) is 9.48 Å². The Hall–Kier alpha value is -2.30. The number of amides is 1. The van der Waals surface area contributed by atoms with Gasteiger partial charge in [0.05, 0.1) is 16.4 Å². The molecular formula is C15H17N5O3S2. The number of nitrogens with one attached hydrogen (secondary N) is 1. The smallest absolute Gasteiger partial charge is 0.241 e. The minimum atomic E-state index is -3.78. The van der Waals surface area contributed by atoms with Gasteiger partial charge in [-0.25, -0.2) is 18.5 Å². The molecule has 0 bridgehead atoms. The molecular weight excluding hydrogens is 362 g/mol. The predicted octanol–water partition coefficient (Wildman–Crippen LogP) is 1.73. The molecule has 0 radical (unpaired) electrons. The number of carbonyl (C=O) groups excluding carboxylic acids is 1. The van der Waals surface area contributed by atoms with Crippen molar-refractivity contribution >= 4 is 42.6 Å². The largest absolute Gasteiger partial charge is 0.302 e. The lowest BCUT2D eigenvalue weighted by Gasteiger charge is -2.01. The topological polar surface area (TPSA) is 120 Å². The zero-order valence-corrected chi connectivity index (χ0v) is 15.1. The number of aromatic nitrogens is 3. The SMILES string of the molecule is CCc1ccc2nc(NC(=O)CCn3cc(S(N)(=O)=O)cn3)sc2c1. The number of nitrogens with zero attached hydrogens (tertiary/aromatic N) is 3. The van der Waals surface area contributed by atoms with E-state index in [0.717, 1.165) is 22.8 Å². The van der Waals surface area contributed by atoms with E-state index in [-0.39, 0.29) is 23.8 Å². The highest BCUT2D eigenvalue weighted by atomic mass is 32.2. The van der Waals surface area contributed by atoms with Crippen molar-refractivity contribution < 1.29 is 13.2 Å². The van der Waals surface area contributed by atoms with Crippen LogP contribution >= 0.6 is 11.3 Å². The zero-order chi connectivity index (χ0) is 18.0. The van der Waals surface area contributed by atoms with E-state index in [1.165, 1.54) is 27.8 Å². The van der Waals surface area contributed by atoms with Crippen LogP contribution in [-0.2, 0) is 27.8 Å². The second-order valence-electron chi connectivity index (χ2n) is 5.46. The molecule has 2 aromatic heterocycles. The second-order valence-corrected chi connectivity index (χ2v) is 8.05. The van der Waals surface area contributed by atoms with Crippen molar-refractivity contribution in [1.82, 2.24) is 14.8 Å². The number of benzene rings is 1. The molecule has 3 N–H and O–H groups in total. The lowest BCUT2D eigenvalue weighted by Crippen LogP contribution is -2.14. The van der Waals surface area contributed by atoms with Crippen molar-refractivity contribution in [3.8, 4) is 0 Å². The van der Waals surface area contributed by atoms with Crippen LogP contribution < -0.4 is 10.5 Å². The van der Waals surface area contributed by atoms with Crippen LogP contribution in [0.1, 0.15) is 18.9 Å². The monoisotopic (exact) mass is 379 g/mol. The van der Waals surface area contributed by atoms with Crippen LogP contribution in [0.15, 0.2) is 35.5 Å². The first-order chi connectivity index (χ1) is 11.8. The van der Waals surface area contributed by atoms with Gasteiger partial charge in [-0.05, 0) is 24.1 Å². The molecule has 0 spiro atoms. The molecule has 0 fully saturated rings. The van der Waals surface area contributed by atoms with Gasteiger partial charge in [0.15, 0.2) is 5.13 Å². The van der Waals surface area contributed by atoms with Crippen LogP contribution in [-0.4, -0.2) is 29.1 Å². The van der Waals surface area contributed by atoms with Gasteiger partial charge in [0.1, 0.15) is 4.90 Å². The number of carbonyl (C=O) groups is 1. The third kappa shape index (κ3) is 4.21. The highest BCUT2D eigenvalue weighted by Crippen LogP contribution is 2.27. The molecule has 10 heteroatoms. The van der Waals surface area contributed by atoms with Crippen molar-refractivity contribution in [1.29, 1.82) is 0 Å². The van der Waals surface area contributed by atoms with E-state index in [1.807, 2.05) is 12.1 Å². The van der Waals surface area contributed by atoms with Crippen LogP contribution in [0.25, 0.3) is 10.2 Å². The first-order valence-electron chi connectivity index (χ1n) is 7.59. The van der Waals surface area contributed by atoms with Crippen molar-refractivity contribution in [2.24, 2.45) is 5.14 Å². The molecule has 0 atom stereocenters. The van der Waals surface area contributed by atoms with Crippen molar-refractivity contribution in [2.75, 3.05) is 5.32 Å². The number of thiazole rings is 1. The van der Waals surface area contributed by atoms with E-state index in [1.54, 1.807) is 0 Å². The minimum Gasteiger partial charge on any atom is -0.302 e. The molecule has 0 saturated carbocycles. The van der Waals surface area contributed by atoms with E-state index >= 15 is 0 Å². The van der Waals surface area contributed by atoms with E-state index in [2.05, 4.69) is 28.4 Å². The van der Waals surface area contributed by atoms with Crippen LogP contribution in [0.5, 0.6) is 0 Å². The van der Waals surface area contributed by atoms with Gasteiger partial charge in [-0.1, -0.05) is 24.3 Å². The lowest BCUT2D eigenvalue weighted by molar-refractivity contribution is -0.116. The Morgan fingerprint density at radius 1 is 1.40 bits per heavy atom. The molecule has 0 aliphatic rings. The third-order valence-corrected chi connectivity index (χ3v) is 5.41. The van der Waals surface area contributed by atoms with Crippen LogP contribution in [0, 0.1) is 0 Å². The van der Waals surface area contributed by atoms with E-state index < -0.39 is 10.0 Å². The van der Waals surface area contributed by atoms with E-state index in [0.29, 0.717) is 5.13 Å². The molecule has 0 aliphatic carbocycles. The summed E-state index contributed by atoms with van der Waals surface area (Å²) < 4.78 is 24.8. The molecule has 2 heterocycles. The summed E-state index contributed by atoms with van der Waals surface area (Å²) in [6.45, 7) is 2.33. The molecule has 0 aliphatic heterocycles. The van der Waals surface area contributed by atoms with E-state index in [9.17, 15) is 13.2 Å². The van der Waals surface area contributed by atoms with Gasteiger partial charge < -0.3 is 5.32 Å². The summed E-state index contributed by atoms with van der Waals surface area (Å²) in [5, 5.41) is 12.2. The third-order valence-electron chi connectivity index (χ3n) is 3.61. The quantitative estimate of drug-likeness (QED) is 0.676. The number of sulfonamides is 1. The maximum absolute atomic E-state index is 12.1.